The van der Waals surface area contributed by atoms with Crippen molar-refractivity contribution < 1.29 is 13.9 Å². The minimum atomic E-state index is -0.656. The van der Waals surface area contributed by atoms with Crippen molar-refractivity contribution in [3.8, 4) is 5.75 Å². The number of carbonyl (C=O) groups is 1. The van der Waals surface area contributed by atoms with E-state index in [0.717, 1.165) is 16.3 Å². The number of rotatable bonds is 4. The fourth-order valence-electron chi connectivity index (χ4n) is 3.32. The van der Waals surface area contributed by atoms with E-state index in [1.54, 1.807) is 12.3 Å². The monoisotopic (exact) mass is 348 g/mol. The Morgan fingerprint density at radius 3 is 2.62 bits per heavy atom. The molecule has 0 unspecified atom stereocenters. The Bertz CT molecular complexity index is 1150. The molecule has 5 heteroatoms. The predicted octanol–water partition coefficient (Wildman–Crippen LogP) is 4.09. The van der Waals surface area contributed by atoms with Gasteiger partial charge in [0.15, 0.2) is 0 Å². The van der Waals surface area contributed by atoms with Crippen LogP contribution in [0.15, 0.2) is 60.8 Å². The van der Waals surface area contributed by atoms with Crippen molar-refractivity contribution in [2.45, 2.75) is 6.54 Å². The van der Waals surface area contributed by atoms with E-state index >= 15 is 0 Å². The van der Waals surface area contributed by atoms with Gasteiger partial charge in [-0.2, -0.15) is 0 Å². The Morgan fingerprint density at radius 2 is 1.88 bits per heavy atom. The van der Waals surface area contributed by atoms with Gasteiger partial charge in [0.1, 0.15) is 11.6 Å². The normalized spacial score (nSPS) is 11.2. The number of nitrogens with zero attached hydrogens (tertiary/aromatic N) is 1. The molecular weight excluding hydrogens is 331 g/mol. The van der Waals surface area contributed by atoms with Gasteiger partial charge in [-0.15, -0.1) is 0 Å². The Balaban J connectivity index is 1.86. The van der Waals surface area contributed by atoms with Crippen LogP contribution in [0.4, 0.5) is 4.39 Å². The number of ether oxygens (including phenoxy) is 1. The Hall–Kier alpha value is -3.34. The van der Waals surface area contributed by atoms with Crippen molar-refractivity contribution >= 4 is 27.6 Å². The maximum absolute atomic E-state index is 14.5. The minimum Gasteiger partial charge on any atom is -0.497 e. The molecule has 0 radical (unpaired) electrons. The minimum absolute atomic E-state index is 0.168. The molecule has 4 nitrogen and oxygen atoms in total. The van der Waals surface area contributed by atoms with E-state index in [4.69, 9.17) is 10.5 Å². The molecule has 26 heavy (non-hydrogen) atoms. The molecule has 1 aromatic heterocycles. The lowest BCUT2D eigenvalue weighted by atomic mass is 10.1. The van der Waals surface area contributed by atoms with Crippen molar-refractivity contribution in [1.29, 1.82) is 0 Å². The molecule has 0 saturated heterocycles. The molecule has 1 amide bonds. The molecule has 0 bridgehead atoms. The second-order valence-electron chi connectivity index (χ2n) is 6.22. The molecule has 0 atom stereocenters. The van der Waals surface area contributed by atoms with Gasteiger partial charge in [-0.3, -0.25) is 4.79 Å². The molecule has 4 rings (SSSR count). The number of hydrogen-bond donors (Lipinski definition) is 1. The van der Waals surface area contributed by atoms with Gasteiger partial charge in [-0.05, 0) is 22.4 Å². The van der Waals surface area contributed by atoms with E-state index < -0.39 is 11.7 Å². The average molecular weight is 348 g/mol. The molecule has 0 aliphatic rings. The Labute approximate surface area is 149 Å². The second-order valence-corrected chi connectivity index (χ2v) is 6.22. The maximum atomic E-state index is 14.5. The van der Waals surface area contributed by atoms with Gasteiger partial charge in [0.2, 0.25) is 0 Å². The first-order chi connectivity index (χ1) is 12.6. The maximum Gasteiger partial charge on any atom is 0.250 e. The number of fused-ring (bicyclic) bond motifs is 2. The summed E-state index contributed by atoms with van der Waals surface area (Å²) in [6.07, 6.45) is 1.60. The lowest BCUT2D eigenvalue weighted by Crippen LogP contribution is -2.10. The summed E-state index contributed by atoms with van der Waals surface area (Å²) in [4.78, 5) is 11.8. The second kappa shape index (κ2) is 6.19. The zero-order valence-electron chi connectivity index (χ0n) is 14.2. The Morgan fingerprint density at radius 1 is 1.12 bits per heavy atom. The number of aromatic nitrogens is 1. The summed E-state index contributed by atoms with van der Waals surface area (Å²) in [6.45, 7) is 0.487. The smallest absolute Gasteiger partial charge is 0.250 e. The van der Waals surface area contributed by atoms with Gasteiger partial charge in [0.05, 0.1) is 18.2 Å². The van der Waals surface area contributed by atoms with Gasteiger partial charge in [0.25, 0.3) is 5.91 Å². The molecule has 4 aromatic rings. The van der Waals surface area contributed by atoms with Gasteiger partial charge in [-0.1, -0.05) is 36.4 Å². The molecule has 0 spiro atoms. The number of methoxy groups -OCH3 is 1. The van der Waals surface area contributed by atoms with Crippen LogP contribution in [-0.4, -0.2) is 17.6 Å². The molecule has 0 saturated carbocycles. The number of halogens is 1. The van der Waals surface area contributed by atoms with Gasteiger partial charge in [0, 0.05) is 30.3 Å². The number of primary amides is 1. The van der Waals surface area contributed by atoms with Crippen LogP contribution >= 0.6 is 0 Å². The van der Waals surface area contributed by atoms with Gasteiger partial charge in [-0.25, -0.2) is 4.39 Å². The standard InChI is InChI=1S/C21H17FN2O2/c1-26-16-9-18(22)20-17(21(23)25)12-24(19(20)10-16)11-13-6-7-14-4-2-3-5-15(14)8-13/h2-10,12H,11H2,1H3,(H2,23,25). The molecule has 0 aliphatic heterocycles. The first kappa shape index (κ1) is 16.1. The Kier molecular flexibility index (Phi) is 3.84. The van der Waals surface area contributed by atoms with Gasteiger partial charge < -0.3 is 15.0 Å². The van der Waals surface area contributed by atoms with E-state index in [2.05, 4.69) is 12.1 Å². The summed E-state index contributed by atoms with van der Waals surface area (Å²) < 4.78 is 21.5. The zero-order chi connectivity index (χ0) is 18.3. The number of hydrogen-bond acceptors (Lipinski definition) is 2. The molecule has 2 N–H and O–H groups in total. The largest absolute Gasteiger partial charge is 0.497 e. The fraction of sp³-hybridized carbons (Fsp3) is 0.0952. The summed E-state index contributed by atoms with van der Waals surface area (Å²) in [5, 5.41) is 2.50. The molecule has 3 aromatic carbocycles. The summed E-state index contributed by atoms with van der Waals surface area (Å²) in [5.74, 6) is -0.786. The SMILES string of the molecule is COc1cc(F)c2c(C(N)=O)cn(Cc3ccc4ccccc4c3)c2c1. The van der Waals surface area contributed by atoms with Crippen LogP contribution in [-0.2, 0) is 6.54 Å². The third kappa shape index (κ3) is 2.67. The van der Waals surface area contributed by atoms with Crippen LogP contribution in [0.2, 0.25) is 0 Å². The van der Waals surface area contributed by atoms with Crippen LogP contribution in [0, 0.1) is 5.82 Å². The van der Waals surface area contributed by atoms with Crippen molar-refractivity contribution in [3.63, 3.8) is 0 Å². The van der Waals surface area contributed by atoms with Crippen LogP contribution in [0.1, 0.15) is 15.9 Å². The molecular formula is C21H17FN2O2. The predicted molar refractivity (Wildman–Crippen MR) is 100 cm³/mol. The lowest BCUT2D eigenvalue weighted by Gasteiger charge is -2.08. The van der Waals surface area contributed by atoms with Crippen molar-refractivity contribution in [3.05, 3.63) is 77.7 Å². The van der Waals surface area contributed by atoms with Crippen LogP contribution < -0.4 is 10.5 Å². The van der Waals surface area contributed by atoms with Gasteiger partial charge >= 0.3 is 0 Å². The number of amides is 1. The summed E-state index contributed by atoms with van der Waals surface area (Å²) in [7, 11) is 1.48. The van der Waals surface area contributed by atoms with E-state index in [0.29, 0.717) is 17.8 Å². The highest BCUT2D eigenvalue weighted by atomic mass is 19.1. The summed E-state index contributed by atoms with van der Waals surface area (Å²) >= 11 is 0. The van der Waals surface area contributed by atoms with Crippen LogP contribution in [0.3, 0.4) is 0 Å². The summed E-state index contributed by atoms with van der Waals surface area (Å²) in [5.41, 5.74) is 7.23. The topological polar surface area (TPSA) is 57.2 Å². The average Bonchev–Trinajstić information content (AvgIpc) is 3.01. The first-order valence-electron chi connectivity index (χ1n) is 8.20. The number of nitrogens with two attached hydrogens (primary N) is 1. The highest BCUT2D eigenvalue weighted by Crippen LogP contribution is 2.30. The van der Waals surface area contributed by atoms with Crippen LogP contribution in [0.5, 0.6) is 5.75 Å². The van der Waals surface area contributed by atoms with Crippen molar-refractivity contribution in [2.24, 2.45) is 5.73 Å². The first-order valence-corrected chi connectivity index (χ1v) is 8.20. The third-order valence-electron chi connectivity index (χ3n) is 4.57. The van der Waals surface area contributed by atoms with E-state index in [1.165, 1.54) is 13.2 Å². The van der Waals surface area contributed by atoms with E-state index in [-0.39, 0.29) is 10.9 Å². The van der Waals surface area contributed by atoms with E-state index in [9.17, 15) is 9.18 Å². The molecule has 0 fully saturated rings. The van der Waals surface area contributed by atoms with Crippen molar-refractivity contribution in [2.75, 3.05) is 7.11 Å². The quantitative estimate of drug-likeness (QED) is 0.604. The highest BCUT2D eigenvalue weighted by molar-refractivity contribution is 6.06. The lowest BCUT2D eigenvalue weighted by molar-refractivity contribution is 0.100. The molecule has 1 heterocycles. The molecule has 130 valence electrons. The number of benzene rings is 3. The van der Waals surface area contributed by atoms with E-state index in [1.807, 2.05) is 34.9 Å². The third-order valence-corrected chi connectivity index (χ3v) is 4.57. The highest BCUT2D eigenvalue weighted by Gasteiger charge is 2.18. The zero-order valence-corrected chi connectivity index (χ0v) is 14.2. The summed E-state index contributed by atoms with van der Waals surface area (Å²) in [6, 6.07) is 17.2. The van der Waals surface area contributed by atoms with Crippen LogP contribution in [0.25, 0.3) is 21.7 Å². The molecule has 0 aliphatic carbocycles. The van der Waals surface area contributed by atoms with Crippen molar-refractivity contribution in [1.82, 2.24) is 4.57 Å². The number of carbonyl (C=O) groups excluding carboxylic acids is 1. The fourth-order valence-corrected chi connectivity index (χ4v) is 3.32.